The SMILES string of the molecule is CCc1csc(NCc2ccccc2CN2CCCC2CO)n1. The molecule has 2 aromatic rings. The van der Waals surface area contributed by atoms with Crippen LogP contribution in [0.3, 0.4) is 0 Å². The Kier molecular flexibility index (Phi) is 5.65. The number of nitrogens with zero attached hydrogens (tertiary/aromatic N) is 2. The number of aliphatic hydroxyl groups excluding tert-OH is 1. The van der Waals surface area contributed by atoms with Crippen molar-refractivity contribution in [3.05, 3.63) is 46.5 Å². The lowest BCUT2D eigenvalue weighted by Crippen LogP contribution is -2.32. The van der Waals surface area contributed by atoms with Crippen LogP contribution in [0.25, 0.3) is 0 Å². The number of hydrogen-bond acceptors (Lipinski definition) is 5. The van der Waals surface area contributed by atoms with E-state index in [2.05, 4.69) is 51.8 Å². The second-order valence-electron chi connectivity index (χ2n) is 6.07. The molecule has 5 heteroatoms. The van der Waals surface area contributed by atoms with E-state index in [4.69, 9.17) is 0 Å². The molecule has 1 aromatic carbocycles. The van der Waals surface area contributed by atoms with Crippen LogP contribution in [0.2, 0.25) is 0 Å². The number of anilines is 1. The fourth-order valence-corrected chi connectivity index (χ4v) is 3.93. The Morgan fingerprint density at radius 3 is 2.91 bits per heavy atom. The zero-order chi connectivity index (χ0) is 16.1. The second-order valence-corrected chi connectivity index (χ2v) is 6.93. The van der Waals surface area contributed by atoms with Gasteiger partial charge in [0.2, 0.25) is 0 Å². The van der Waals surface area contributed by atoms with Gasteiger partial charge in [0.25, 0.3) is 0 Å². The first-order chi connectivity index (χ1) is 11.3. The van der Waals surface area contributed by atoms with Crippen LogP contribution < -0.4 is 5.32 Å². The molecule has 23 heavy (non-hydrogen) atoms. The minimum atomic E-state index is 0.263. The van der Waals surface area contributed by atoms with E-state index in [1.807, 2.05) is 0 Å². The fraction of sp³-hybridized carbons (Fsp3) is 0.500. The zero-order valence-corrected chi connectivity index (χ0v) is 14.5. The molecular formula is C18H25N3OS. The van der Waals surface area contributed by atoms with Gasteiger partial charge in [-0.2, -0.15) is 0 Å². The smallest absolute Gasteiger partial charge is 0.183 e. The average Bonchev–Trinajstić information content (AvgIpc) is 3.22. The van der Waals surface area contributed by atoms with Crippen molar-refractivity contribution in [3.63, 3.8) is 0 Å². The lowest BCUT2D eigenvalue weighted by atomic mass is 10.1. The Morgan fingerprint density at radius 1 is 1.35 bits per heavy atom. The maximum Gasteiger partial charge on any atom is 0.183 e. The molecule has 4 nitrogen and oxygen atoms in total. The zero-order valence-electron chi connectivity index (χ0n) is 13.7. The van der Waals surface area contributed by atoms with Crippen LogP contribution in [-0.4, -0.2) is 34.2 Å². The predicted molar refractivity (Wildman–Crippen MR) is 95.8 cm³/mol. The van der Waals surface area contributed by atoms with Crippen molar-refractivity contribution in [2.24, 2.45) is 0 Å². The summed E-state index contributed by atoms with van der Waals surface area (Å²) in [6, 6.07) is 8.89. The first kappa shape index (κ1) is 16.4. The van der Waals surface area contributed by atoms with E-state index in [1.165, 1.54) is 17.5 Å². The summed E-state index contributed by atoms with van der Waals surface area (Å²) in [5, 5.41) is 16.1. The second kappa shape index (κ2) is 7.90. The van der Waals surface area contributed by atoms with Gasteiger partial charge in [0.15, 0.2) is 5.13 Å². The molecule has 1 saturated heterocycles. The van der Waals surface area contributed by atoms with Gasteiger partial charge in [0.1, 0.15) is 0 Å². The van der Waals surface area contributed by atoms with E-state index in [1.54, 1.807) is 11.3 Å². The summed E-state index contributed by atoms with van der Waals surface area (Å²) in [6.07, 6.45) is 3.27. The third-order valence-electron chi connectivity index (χ3n) is 4.55. The maximum absolute atomic E-state index is 9.50. The summed E-state index contributed by atoms with van der Waals surface area (Å²) in [4.78, 5) is 6.97. The summed E-state index contributed by atoms with van der Waals surface area (Å²) in [7, 11) is 0. The van der Waals surface area contributed by atoms with Crippen molar-refractivity contribution in [1.82, 2.24) is 9.88 Å². The van der Waals surface area contributed by atoms with Gasteiger partial charge < -0.3 is 10.4 Å². The molecule has 2 heterocycles. The molecule has 0 radical (unpaired) electrons. The van der Waals surface area contributed by atoms with Crippen LogP contribution in [-0.2, 0) is 19.5 Å². The largest absolute Gasteiger partial charge is 0.395 e. The van der Waals surface area contributed by atoms with Gasteiger partial charge in [-0.15, -0.1) is 11.3 Å². The van der Waals surface area contributed by atoms with Crippen molar-refractivity contribution in [2.45, 2.75) is 45.3 Å². The summed E-state index contributed by atoms with van der Waals surface area (Å²) in [5.41, 5.74) is 3.80. The first-order valence-electron chi connectivity index (χ1n) is 8.40. The molecule has 1 unspecified atom stereocenters. The quantitative estimate of drug-likeness (QED) is 0.817. The van der Waals surface area contributed by atoms with Crippen LogP contribution in [0.1, 0.15) is 36.6 Å². The van der Waals surface area contributed by atoms with Crippen LogP contribution in [0.4, 0.5) is 5.13 Å². The molecule has 1 aromatic heterocycles. The minimum Gasteiger partial charge on any atom is -0.395 e. The standard InChI is InChI=1S/C18H25N3OS/c1-2-16-13-23-18(20-16)19-10-14-6-3-4-7-15(14)11-21-9-5-8-17(21)12-22/h3-4,6-7,13,17,22H,2,5,8-12H2,1H3,(H,19,20). The topological polar surface area (TPSA) is 48.4 Å². The molecule has 124 valence electrons. The molecule has 0 aliphatic carbocycles. The number of hydrogen-bond donors (Lipinski definition) is 2. The Morgan fingerprint density at radius 2 is 2.17 bits per heavy atom. The molecule has 1 fully saturated rings. The monoisotopic (exact) mass is 331 g/mol. The average molecular weight is 331 g/mol. The van der Waals surface area contributed by atoms with Crippen LogP contribution in [0, 0.1) is 0 Å². The Labute approximate surface area is 142 Å². The number of aromatic nitrogens is 1. The third kappa shape index (κ3) is 4.10. The fourth-order valence-electron chi connectivity index (χ4n) is 3.13. The van der Waals surface area contributed by atoms with Crippen LogP contribution in [0.15, 0.2) is 29.6 Å². The highest BCUT2D eigenvalue weighted by Crippen LogP contribution is 2.22. The van der Waals surface area contributed by atoms with Gasteiger partial charge in [0, 0.05) is 24.5 Å². The first-order valence-corrected chi connectivity index (χ1v) is 9.28. The van der Waals surface area contributed by atoms with Gasteiger partial charge in [-0.05, 0) is 36.9 Å². The minimum absolute atomic E-state index is 0.263. The van der Waals surface area contributed by atoms with E-state index < -0.39 is 0 Å². The summed E-state index contributed by atoms with van der Waals surface area (Å²) >= 11 is 1.67. The number of likely N-dealkylation sites (tertiary alicyclic amines) is 1. The molecule has 1 aliphatic rings. The highest BCUT2D eigenvalue weighted by atomic mass is 32.1. The van der Waals surface area contributed by atoms with Crippen molar-refractivity contribution < 1.29 is 5.11 Å². The molecule has 2 N–H and O–H groups in total. The van der Waals surface area contributed by atoms with Crippen molar-refractivity contribution >= 4 is 16.5 Å². The van der Waals surface area contributed by atoms with Crippen LogP contribution in [0.5, 0.6) is 0 Å². The predicted octanol–water partition coefficient (Wildman–Crippen LogP) is 3.27. The molecule has 1 atom stereocenters. The Balaban J connectivity index is 1.65. The molecule has 0 bridgehead atoms. The van der Waals surface area contributed by atoms with E-state index >= 15 is 0 Å². The van der Waals surface area contributed by atoms with Crippen LogP contribution >= 0.6 is 11.3 Å². The lowest BCUT2D eigenvalue weighted by molar-refractivity contribution is 0.153. The number of nitrogens with one attached hydrogen (secondary N) is 1. The highest BCUT2D eigenvalue weighted by molar-refractivity contribution is 7.13. The van der Waals surface area contributed by atoms with E-state index in [9.17, 15) is 5.11 Å². The normalized spacial score (nSPS) is 18.4. The van der Waals surface area contributed by atoms with Gasteiger partial charge in [0.05, 0.1) is 12.3 Å². The number of thiazole rings is 1. The van der Waals surface area contributed by atoms with Crippen molar-refractivity contribution in [1.29, 1.82) is 0 Å². The molecule has 3 rings (SSSR count). The molecule has 0 spiro atoms. The number of benzene rings is 1. The number of aryl methyl sites for hydroxylation is 1. The number of rotatable bonds is 7. The van der Waals surface area contributed by atoms with E-state index in [-0.39, 0.29) is 6.61 Å². The van der Waals surface area contributed by atoms with Crippen molar-refractivity contribution in [3.8, 4) is 0 Å². The molecule has 0 amide bonds. The highest BCUT2D eigenvalue weighted by Gasteiger charge is 2.24. The van der Waals surface area contributed by atoms with Gasteiger partial charge in [-0.3, -0.25) is 4.90 Å². The lowest BCUT2D eigenvalue weighted by Gasteiger charge is -2.24. The molecular weight excluding hydrogens is 306 g/mol. The van der Waals surface area contributed by atoms with Gasteiger partial charge >= 0.3 is 0 Å². The third-order valence-corrected chi connectivity index (χ3v) is 5.39. The van der Waals surface area contributed by atoms with Gasteiger partial charge in [-0.1, -0.05) is 31.2 Å². The van der Waals surface area contributed by atoms with E-state index in [0.29, 0.717) is 6.04 Å². The summed E-state index contributed by atoms with van der Waals surface area (Å²) < 4.78 is 0. The number of aliphatic hydroxyl groups is 1. The van der Waals surface area contributed by atoms with Gasteiger partial charge in [-0.25, -0.2) is 4.98 Å². The summed E-state index contributed by atoms with van der Waals surface area (Å²) in [6.45, 7) is 5.19. The molecule has 0 saturated carbocycles. The Hall–Kier alpha value is -1.43. The Bertz CT molecular complexity index is 628. The summed E-state index contributed by atoms with van der Waals surface area (Å²) in [5.74, 6) is 0. The molecule has 1 aliphatic heterocycles. The van der Waals surface area contributed by atoms with Crippen molar-refractivity contribution in [2.75, 3.05) is 18.5 Å². The van der Waals surface area contributed by atoms with E-state index in [0.717, 1.165) is 43.3 Å². The maximum atomic E-state index is 9.50.